The number of carboxylic acids is 1. The third-order valence-corrected chi connectivity index (χ3v) is 2.54. The third kappa shape index (κ3) is 4.48. The summed E-state index contributed by atoms with van der Waals surface area (Å²) in [7, 11) is 1.40. The number of alkyl halides is 1. The highest BCUT2D eigenvalue weighted by Gasteiger charge is 2.21. The number of carbonyl (C=O) groups is 2. The molecular weight excluding hydrogens is 281 g/mol. The van der Waals surface area contributed by atoms with Gasteiger partial charge in [-0.25, -0.2) is 9.18 Å². The summed E-state index contributed by atoms with van der Waals surface area (Å²) in [6, 6.07) is 2.72. The van der Waals surface area contributed by atoms with E-state index < -0.39 is 24.6 Å². The van der Waals surface area contributed by atoms with Gasteiger partial charge in [0.25, 0.3) is 5.91 Å². The van der Waals surface area contributed by atoms with E-state index in [1.165, 1.54) is 25.3 Å². The van der Waals surface area contributed by atoms with E-state index in [1.807, 2.05) is 0 Å². The number of nitrogens with one attached hydrogen (secondary N) is 1. The second-order valence-corrected chi connectivity index (χ2v) is 3.98. The molecule has 0 aliphatic heterocycles. The molecule has 0 heterocycles. The average Bonchev–Trinajstić information content (AvgIpc) is 2.49. The molecule has 0 aromatic heterocycles. The van der Waals surface area contributed by atoms with Crippen molar-refractivity contribution in [2.75, 3.05) is 20.4 Å². The Morgan fingerprint density at radius 2 is 2.19 bits per heavy atom. The van der Waals surface area contributed by atoms with Gasteiger partial charge in [-0.2, -0.15) is 0 Å². The second kappa shape index (κ2) is 7.88. The van der Waals surface area contributed by atoms with Crippen molar-refractivity contribution in [3.8, 4) is 11.5 Å². The fraction of sp³-hybridized carbons (Fsp3) is 0.286. The van der Waals surface area contributed by atoms with Crippen LogP contribution in [0.3, 0.4) is 0 Å². The van der Waals surface area contributed by atoms with Gasteiger partial charge in [-0.15, -0.1) is 0 Å². The monoisotopic (exact) mass is 297 g/mol. The molecule has 2 N–H and O–H groups in total. The molecule has 1 unspecified atom stereocenters. The lowest BCUT2D eigenvalue weighted by atomic mass is 10.1. The van der Waals surface area contributed by atoms with E-state index in [1.54, 1.807) is 6.08 Å². The number of halogens is 1. The lowest BCUT2D eigenvalue weighted by Gasteiger charge is -2.13. The highest BCUT2D eigenvalue weighted by Crippen LogP contribution is 2.28. The minimum Gasteiger partial charge on any atom is -0.493 e. The molecule has 0 radical (unpaired) electrons. The lowest BCUT2D eigenvalue weighted by Crippen LogP contribution is -2.42. The Balaban J connectivity index is 2.90. The van der Waals surface area contributed by atoms with Gasteiger partial charge in [-0.1, -0.05) is 12.7 Å². The van der Waals surface area contributed by atoms with Crippen molar-refractivity contribution >= 4 is 11.9 Å². The molecule has 21 heavy (non-hydrogen) atoms. The molecule has 0 saturated carbocycles. The molecule has 0 aliphatic carbocycles. The Morgan fingerprint density at radius 3 is 2.71 bits per heavy atom. The molecule has 1 rings (SSSR count). The minimum absolute atomic E-state index is 0.137. The molecule has 7 heteroatoms. The zero-order valence-corrected chi connectivity index (χ0v) is 11.5. The van der Waals surface area contributed by atoms with E-state index >= 15 is 0 Å². The van der Waals surface area contributed by atoms with Crippen molar-refractivity contribution in [3.05, 3.63) is 36.4 Å². The number of benzene rings is 1. The van der Waals surface area contributed by atoms with Crippen LogP contribution in [0.2, 0.25) is 0 Å². The van der Waals surface area contributed by atoms with Gasteiger partial charge in [-0.05, 0) is 18.2 Å². The smallest absolute Gasteiger partial charge is 0.328 e. The van der Waals surface area contributed by atoms with Gasteiger partial charge in [0.1, 0.15) is 13.3 Å². The number of methoxy groups -OCH3 is 1. The number of amides is 1. The highest BCUT2D eigenvalue weighted by atomic mass is 19.1. The molecule has 114 valence electrons. The fourth-order valence-corrected chi connectivity index (χ4v) is 1.48. The Labute approximate surface area is 121 Å². The summed E-state index contributed by atoms with van der Waals surface area (Å²) in [5, 5.41) is 10.8. The third-order valence-electron chi connectivity index (χ3n) is 2.54. The number of hydrogen-bond acceptors (Lipinski definition) is 4. The van der Waals surface area contributed by atoms with Gasteiger partial charge in [0.2, 0.25) is 0 Å². The van der Waals surface area contributed by atoms with Crippen LogP contribution in [-0.2, 0) is 4.79 Å². The van der Waals surface area contributed by atoms with Gasteiger partial charge in [0.15, 0.2) is 17.5 Å². The van der Waals surface area contributed by atoms with E-state index in [9.17, 15) is 14.0 Å². The molecule has 1 aromatic carbocycles. The molecule has 1 aromatic rings. The van der Waals surface area contributed by atoms with E-state index in [4.69, 9.17) is 14.6 Å². The standard InChI is InChI=1S/C14H16FNO5/c1-3-6-21-11-5-4-9(7-12(11)20-2)13(17)16-10(8-15)14(18)19/h3-5,7,10H,1,6,8H2,2H3,(H,16,17)(H,18,19). The van der Waals surface area contributed by atoms with Crippen LogP contribution in [0.4, 0.5) is 4.39 Å². The fourth-order valence-electron chi connectivity index (χ4n) is 1.48. The number of rotatable bonds is 8. The van der Waals surface area contributed by atoms with Gasteiger partial charge in [0.05, 0.1) is 7.11 Å². The topological polar surface area (TPSA) is 84.9 Å². The number of carboxylic acid groups (broad SMARTS) is 1. The van der Waals surface area contributed by atoms with Gasteiger partial charge >= 0.3 is 5.97 Å². The van der Waals surface area contributed by atoms with Crippen molar-refractivity contribution in [3.63, 3.8) is 0 Å². The first-order valence-corrected chi connectivity index (χ1v) is 6.04. The van der Waals surface area contributed by atoms with Crippen LogP contribution < -0.4 is 14.8 Å². The van der Waals surface area contributed by atoms with Gasteiger partial charge < -0.3 is 19.9 Å². The summed E-state index contributed by atoms with van der Waals surface area (Å²) < 4.78 is 22.9. The van der Waals surface area contributed by atoms with Crippen molar-refractivity contribution in [1.29, 1.82) is 0 Å². The number of aliphatic carboxylic acids is 1. The van der Waals surface area contributed by atoms with Gasteiger partial charge in [-0.3, -0.25) is 4.79 Å². The predicted octanol–water partition coefficient (Wildman–Crippen LogP) is 1.41. The van der Waals surface area contributed by atoms with E-state index in [-0.39, 0.29) is 12.2 Å². The van der Waals surface area contributed by atoms with Crippen LogP contribution in [0.5, 0.6) is 11.5 Å². The normalized spacial score (nSPS) is 11.3. The van der Waals surface area contributed by atoms with E-state index in [0.717, 1.165) is 0 Å². The summed E-state index contributed by atoms with van der Waals surface area (Å²) in [6.07, 6.45) is 1.55. The Bertz CT molecular complexity index is 532. The van der Waals surface area contributed by atoms with Crippen LogP contribution >= 0.6 is 0 Å². The van der Waals surface area contributed by atoms with Crippen LogP contribution in [0.25, 0.3) is 0 Å². The second-order valence-electron chi connectivity index (χ2n) is 3.98. The summed E-state index contributed by atoms with van der Waals surface area (Å²) >= 11 is 0. The molecule has 6 nitrogen and oxygen atoms in total. The van der Waals surface area contributed by atoms with E-state index in [0.29, 0.717) is 11.5 Å². The average molecular weight is 297 g/mol. The number of carbonyl (C=O) groups excluding carboxylic acids is 1. The SMILES string of the molecule is C=CCOc1ccc(C(=O)NC(CF)C(=O)O)cc1OC. The van der Waals surface area contributed by atoms with Crippen molar-refractivity contribution < 1.29 is 28.6 Å². The first-order valence-electron chi connectivity index (χ1n) is 6.04. The first kappa shape index (κ1) is 16.5. The molecule has 0 spiro atoms. The maximum Gasteiger partial charge on any atom is 0.328 e. The molecule has 0 saturated heterocycles. The zero-order valence-electron chi connectivity index (χ0n) is 11.5. The number of ether oxygens (including phenoxy) is 2. The van der Waals surface area contributed by atoms with Crippen LogP contribution in [0.15, 0.2) is 30.9 Å². The quantitative estimate of drug-likeness (QED) is 0.709. The lowest BCUT2D eigenvalue weighted by molar-refractivity contribution is -0.139. The van der Waals surface area contributed by atoms with Crippen molar-refractivity contribution in [2.24, 2.45) is 0 Å². The summed E-state index contributed by atoms with van der Waals surface area (Å²) in [6.45, 7) is 2.59. The molecular formula is C14H16FNO5. The summed E-state index contributed by atoms with van der Waals surface area (Å²) in [4.78, 5) is 22.5. The summed E-state index contributed by atoms with van der Waals surface area (Å²) in [5.41, 5.74) is 0.137. The van der Waals surface area contributed by atoms with Crippen LogP contribution in [0, 0.1) is 0 Å². The zero-order chi connectivity index (χ0) is 15.8. The van der Waals surface area contributed by atoms with Crippen LogP contribution in [0.1, 0.15) is 10.4 Å². The van der Waals surface area contributed by atoms with Crippen molar-refractivity contribution in [1.82, 2.24) is 5.32 Å². The Hall–Kier alpha value is -2.57. The number of hydrogen-bond donors (Lipinski definition) is 2. The Morgan fingerprint density at radius 1 is 1.48 bits per heavy atom. The molecule has 1 atom stereocenters. The minimum atomic E-state index is -1.58. The maximum atomic E-state index is 12.5. The molecule has 0 fully saturated rings. The summed E-state index contributed by atoms with van der Waals surface area (Å²) in [5.74, 6) is -1.44. The van der Waals surface area contributed by atoms with Crippen LogP contribution in [-0.4, -0.2) is 43.4 Å². The van der Waals surface area contributed by atoms with Crippen molar-refractivity contribution in [2.45, 2.75) is 6.04 Å². The highest BCUT2D eigenvalue weighted by molar-refractivity contribution is 5.97. The Kier molecular flexibility index (Phi) is 6.19. The molecule has 0 aliphatic rings. The van der Waals surface area contributed by atoms with E-state index in [2.05, 4.69) is 11.9 Å². The van der Waals surface area contributed by atoms with Gasteiger partial charge in [0, 0.05) is 5.56 Å². The molecule has 0 bridgehead atoms. The predicted molar refractivity (Wildman–Crippen MR) is 73.6 cm³/mol. The molecule has 1 amide bonds. The maximum absolute atomic E-state index is 12.5. The largest absolute Gasteiger partial charge is 0.493 e. The first-order chi connectivity index (χ1) is 10.0.